The number of hydrogen-bond donors (Lipinski definition) is 2. The molecule has 16 heavy (non-hydrogen) atoms. The number of carbonyl (C=O) groups is 1. The van der Waals surface area contributed by atoms with E-state index < -0.39 is 21.7 Å². The Kier molecular flexibility index (Phi) is 4.32. The molecule has 0 spiro atoms. The predicted molar refractivity (Wildman–Crippen MR) is 61.0 cm³/mol. The molecule has 0 aromatic rings. The number of rotatable bonds is 5. The lowest BCUT2D eigenvalue weighted by atomic mass is 10.0. The summed E-state index contributed by atoms with van der Waals surface area (Å²) in [7, 11) is -2.84. The van der Waals surface area contributed by atoms with Gasteiger partial charge in [0.1, 0.15) is 0 Å². The smallest absolute Gasteiger partial charge is 0.307 e. The molecule has 0 saturated carbocycles. The van der Waals surface area contributed by atoms with Crippen LogP contribution < -0.4 is 5.32 Å². The van der Waals surface area contributed by atoms with Gasteiger partial charge in [0.15, 0.2) is 9.84 Å². The first-order chi connectivity index (χ1) is 7.32. The second-order valence-corrected chi connectivity index (χ2v) is 6.82. The molecule has 5 nitrogen and oxygen atoms in total. The van der Waals surface area contributed by atoms with E-state index in [0.29, 0.717) is 13.0 Å². The van der Waals surface area contributed by atoms with E-state index >= 15 is 0 Å². The fraction of sp³-hybridized carbons (Fsp3) is 0.900. The summed E-state index contributed by atoms with van der Waals surface area (Å²) in [6.45, 7) is 4.03. The van der Waals surface area contributed by atoms with Gasteiger partial charge in [0.25, 0.3) is 0 Å². The lowest BCUT2D eigenvalue weighted by Gasteiger charge is -2.19. The second kappa shape index (κ2) is 5.14. The Morgan fingerprint density at radius 1 is 1.50 bits per heavy atom. The maximum Gasteiger partial charge on any atom is 0.307 e. The summed E-state index contributed by atoms with van der Waals surface area (Å²) in [5.74, 6) is -0.665. The van der Waals surface area contributed by atoms with Crippen LogP contribution >= 0.6 is 0 Å². The second-order valence-electron chi connectivity index (χ2n) is 4.59. The van der Waals surface area contributed by atoms with E-state index in [1.54, 1.807) is 6.92 Å². The Morgan fingerprint density at radius 2 is 2.12 bits per heavy atom. The number of carboxylic acid groups (broad SMARTS) is 1. The zero-order chi connectivity index (χ0) is 12.3. The van der Waals surface area contributed by atoms with Crippen molar-refractivity contribution in [2.24, 2.45) is 11.8 Å². The Labute approximate surface area is 96.1 Å². The first kappa shape index (κ1) is 13.4. The quantitative estimate of drug-likeness (QED) is 0.723. The molecule has 1 heterocycles. The molecule has 0 aliphatic carbocycles. The van der Waals surface area contributed by atoms with Crippen LogP contribution in [0.1, 0.15) is 20.3 Å². The molecule has 0 bridgehead atoms. The van der Waals surface area contributed by atoms with Gasteiger partial charge in [-0.1, -0.05) is 6.92 Å². The fourth-order valence-electron chi connectivity index (χ4n) is 1.78. The largest absolute Gasteiger partial charge is 0.481 e. The van der Waals surface area contributed by atoms with Gasteiger partial charge >= 0.3 is 5.97 Å². The van der Waals surface area contributed by atoms with Crippen LogP contribution in [-0.4, -0.2) is 43.6 Å². The topological polar surface area (TPSA) is 83.5 Å². The van der Waals surface area contributed by atoms with E-state index in [2.05, 4.69) is 5.32 Å². The third-order valence-corrected chi connectivity index (χ3v) is 5.03. The summed E-state index contributed by atoms with van der Waals surface area (Å²) in [6, 6.07) is -0.138. The SMILES string of the molecule is CC(NCC1CCS(=O)(=O)C1)C(C)C(=O)O. The summed E-state index contributed by atoms with van der Waals surface area (Å²) in [6.07, 6.45) is 0.684. The molecule has 1 saturated heterocycles. The van der Waals surface area contributed by atoms with Gasteiger partial charge in [0.05, 0.1) is 17.4 Å². The van der Waals surface area contributed by atoms with E-state index in [4.69, 9.17) is 5.11 Å². The van der Waals surface area contributed by atoms with Crippen molar-refractivity contribution in [2.45, 2.75) is 26.3 Å². The van der Waals surface area contributed by atoms with Crippen LogP contribution in [0.3, 0.4) is 0 Å². The molecular formula is C10H19NO4S. The molecule has 2 N–H and O–H groups in total. The van der Waals surface area contributed by atoms with E-state index in [-0.39, 0.29) is 23.5 Å². The molecule has 3 atom stereocenters. The third kappa shape index (κ3) is 3.75. The van der Waals surface area contributed by atoms with Gasteiger partial charge < -0.3 is 10.4 Å². The van der Waals surface area contributed by atoms with E-state index in [9.17, 15) is 13.2 Å². The third-order valence-electron chi connectivity index (χ3n) is 3.19. The van der Waals surface area contributed by atoms with Crippen LogP contribution in [-0.2, 0) is 14.6 Å². The van der Waals surface area contributed by atoms with Gasteiger partial charge in [-0.05, 0) is 25.8 Å². The predicted octanol–water partition coefficient (Wildman–Crippen LogP) is 0.120. The molecule has 1 rings (SSSR count). The highest BCUT2D eigenvalue weighted by molar-refractivity contribution is 7.91. The first-order valence-corrected chi connectivity index (χ1v) is 7.30. The Bertz CT molecular complexity index is 352. The molecule has 0 aromatic heterocycles. The summed E-state index contributed by atoms with van der Waals surface area (Å²) in [4.78, 5) is 10.7. The van der Waals surface area contributed by atoms with Crippen LogP contribution in [0.25, 0.3) is 0 Å². The molecular weight excluding hydrogens is 230 g/mol. The number of carboxylic acids is 1. The number of sulfone groups is 1. The van der Waals surface area contributed by atoms with Crippen molar-refractivity contribution in [1.29, 1.82) is 0 Å². The van der Waals surface area contributed by atoms with E-state index in [1.807, 2.05) is 6.92 Å². The normalized spacial score (nSPS) is 27.5. The Morgan fingerprint density at radius 3 is 2.56 bits per heavy atom. The van der Waals surface area contributed by atoms with Crippen LogP contribution in [0.2, 0.25) is 0 Å². The standard InChI is InChI=1S/C10H19NO4S/c1-7(10(12)13)8(2)11-5-9-3-4-16(14,15)6-9/h7-9,11H,3-6H2,1-2H3,(H,12,13). The molecule has 1 aliphatic heterocycles. The maximum atomic E-state index is 11.2. The average Bonchev–Trinajstić information content (AvgIpc) is 2.53. The summed E-state index contributed by atoms with van der Waals surface area (Å²) >= 11 is 0. The Hall–Kier alpha value is -0.620. The van der Waals surface area contributed by atoms with Crippen molar-refractivity contribution in [3.63, 3.8) is 0 Å². The maximum absolute atomic E-state index is 11.2. The van der Waals surface area contributed by atoms with Gasteiger partial charge in [-0.25, -0.2) is 8.42 Å². The minimum atomic E-state index is -2.84. The number of aliphatic carboxylic acids is 1. The number of hydrogen-bond acceptors (Lipinski definition) is 4. The van der Waals surface area contributed by atoms with E-state index in [1.165, 1.54) is 0 Å². The van der Waals surface area contributed by atoms with Crippen molar-refractivity contribution in [3.05, 3.63) is 0 Å². The van der Waals surface area contributed by atoms with Gasteiger partial charge in [-0.15, -0.1) is 0 Å². The van der Waals surface area contributed by atoms with Crippen LogP contribution in [0.5, 0.6) is 0 Å². The lowest BCUT2D eigenvalue weighted by molar-refractivity contribution is -0.141. The molecule has 1 aliphatic rings. The molecule has 0 aromatic carbocycles. The first-order valence-electron chi connectivity index (χ1n) is 5.48. The van der Waals surface area contributed by atoms with Gasteiger partial charge in [-0.3, -0.25) is 4.79 Å². The average molecular weight is 249 g/mol. The van der Waals surface area contributed by atoms with Crippen LogP contribution in [0.15, 0.2) is 0 Å². The molecule has 0 radical (unpaired) electrons. The molecule has 94 valence electrons. The van der Waals surface area contributed by atoms with Crippen molar-refractivity contribution in [1.82, 2.24) is 5.32 Å². The molecule has 0 amide bonds. The zero-order valence-electron chi connectivity index (χ0n) is 9.64. The van der Waals surface area contributed by atoms with Crippen molar-refractivity contribution >= 4 is 15.8 Å². The summed E-state index contributed by atoms with van der Waals surface area (Å²) in [5.41, 5.74) is 0. The fourth-order valence-corrected chi connectivity index (χ4v) is 3.64. The molecule has 3 unspecified atom stereocenters. The Balaban J connectivity index is 2.33. The zero-order valence-corrected chi connectivity index (χ0v) is 10.5. The van der Waals surface area contributed by atoms with Crippen molar-refractivity contribution in [3.8, 4) is 0 Å². The summed E-state index contributed by atoms with van der Waals surface area (Å²) in [5, 5.41) is 11.9. The summed E-state index contributed by atoms with van der Waals surface area (Å²) < 4.78 is 22.4. The highest BCUT2D eigenvalue weighted by Gasteiger charge is 2.28. The monoisotopic (exact) mass is 249 g/mol. The van der Waals surface area contributed by atoms with Crippen molar-refractivity contribution < 1.29 is 18.3 Å². The highest BCUT2D eigenvalue weighted by atomic mass is 32.2. The number of nitrogens with one attached hydrogen (secondary N) is 1. The van der Waals surface area contributed by atoms with Gasteiger partial charge in [0.2, 0.25) is 0 Å². The minimum Gasteiger partial charge on any atom is -0.481 e. The van der Waals surface area contributed by atoms with Crippen molar-refractivity contribution in [2.75, 3.05) is 18.1 Å². The molecule has 1 fully saturated rings. The molecule has 6 heteroatoms. The van der Waals surface area contributed by atoms with Crippen LogP contribution in [0.4, 0.5) is 0 Å². The van der Waals surface area contributed by atoms with Crippen LogP contribution in [0, 0.1) is 11.8 Å². The van der Waals surface area contributed by atoms with E-state index in [0.717, 1.165) is 0 Å². The minimum absolute atomic E-state index is 0.133. The highest BCUT2D eigenvalue weighted by Crippen LogP contribution is 2.17. The van der Waals surface area contributed by atoms with Gasteiger partial charge in [0, 0.05) is 6.04 Å². The lowest BCUT2D eigenvalue weighted by Crippen LogP contribution is -2.39. The van der Waals surface area contributed by atoms with Gasteiger partial charge in [-0.2, -0.15) is 0 Å².